The van der Waals surface area contributed by atoms with E-state index in [1.807, 2.05) is 61.3 Å². The van der Waals surface area contributed by atoms with E-state index in [2.05, 4.69) is 69.1 Å². The van der Waals surface area contributed by atoms with E-state index < -0.39 is 24.3 Å². The summed E-state index contributed by atoms with van der Waals surface area (Å²) < 4.78 is 15.9. The van der Waals surface area contributed by atoms with Crippen molar-refractivity contribution in [2.45, 2.75) is 70.3 Å². The van der Waals surface area contributed by atoms with Crippen molar-refractivity contribution >= 4 is 34.8 Å². The van der Waals surface area contributed by atoms with Gasteiger partial charge in [-0.05, 0) is 83.3 Å². The van der Waals surface area contributed by atoms with Gasteiger partial charge in [0.05, 0.1) is 49.6 Å². The lowest BCUT2D eigenvalue weighted by molar-refractivity contribution is -0.135. The van der Waals surface area contributed by atoms with E-state index >= 15 is 0 Å². The zero-order valence-corrected chi connectivity index (χ0v) is 35.6. The Kier molecular flexibility index (Phi) is 11.3. The summed E-state index contributed by atoms with van der Waals surface area (Å²) in [7, 11) is 2.57. The standard InChI is InChI=1S/C48H50N8O7/c1-27(2)40(53-47(59)61-3)45(57)55-20-8-12-37(55)43-49-25-35(50-43)33-17-16-29-22-30(14-15-31(29)23-33)32-18-19-34-39(24-32)63-26-36-42(34)52-44(51-36)38-13-9-21-56(38)46(58)41(54-48(60)62-4)28-10-6-5-7-11-28/h5-7,10-11,14-19,22-25,27,37-38,40-41H,8-9,12-13,20-21,26H2,1-4H3,(H,49,50)(H,51,52)(H,53,59)(H,54,60). The van der Waals surface area contributed by atoms with Crippen LogP contribution in [0, 0.1) is 5.92 Å². The molecule has 6 aromatic rings. The molecule has 2 saturated heterocycles. The van der Waals surface area contributed by atoms with E-state index in [9.17, 15) is 19.2 Å². The summed E-state index contributed by atoms with van der Waals surface area (Å²) in [5.41, 5.74) is 7.09. The maximum absolute atomic E-state index is 14.1. The smallest absolute Gasteiger partial charge is 0.407 e. The normalized spacial score (nSPS) is 17.7. The van der Waals surface area contributed by atoms with Crippen LogP contribution in [0.5, 0.6) is 5.75 Å². The monoisotopic (exact) mass is 850 g/mol. The van der Waals surface area contributed by atoms with E-state index in [0.29, 0.717) is 31.1 Å². The van der Waals surface area contributed by atoms with Crippen LogP contribution in [0.4, 0.5) is 9.59 Å². The Labute approximate surface area is 364 Å². The minimum Gasteiger partial charge on any atom is -0.487 e. The van der Waals surface area contributed by atoms with Gasteiger partial charge >= 0.3 is 12.2 Å². The predicted molar refractivity (Wildman–Crippen MR) is 235 cm³/mol. The fraction of sp³-hybridized carbons (Fsp3) is 0.333. The quantitative estimate of drug-likeness (QED) is 0.106. The van der Waals surface area contributed by atoms with Gasteiger partial charge in [-0.15, -0.1) is 0 Å². The third-order valence-corrected chi connectivity index (χ3v) is 12.4. The number of H-pyrrole nitrogens is 2. The fourth-order valence-electron chi connectivity index (χ4n) is 9.11. The van der Waals surface area contributed by atoms with Gasteiger partial charge in [-0.2, -0.15) is 0 Å². The predicted octanol–water partition coefficient (Wildman–Crippen LogP) is 7.98. The van der Waals surface area contributed by atoms with E-state index in [0.717, 1.165) is 87.4 Å². The average Bonchev–Trinajstić information content (AvgIpc) is 4.16. The number of alkyl carbamates (subject to hydrolysis) is 2. The first-order valence-corrected chi connectivity index (χ1v) is 21.4. The van der Waals surface area contributed by atoms with Crippen LogP contribution in [0.1, 0.15) is 80.6 Å². The van der Waals surface area contributed by atoms with Gasteiger partial charge < -0.3 is 44.6 Å². The Morgan fingerprint density at radius 3 is 2.10 bits per heavy atom. The summed E-state index contributed by atoms with van der Waals surface area (Å²) >= 11 is 0. The molecule has 15 nitrogen and oxygen atoms in total. The number of benzene rings is 4. The molecule has 0 radical (unpaired) electrons. The maximum atomic E-state index is 14.1. The molecule has 4 amide bonds. The number of nitrogens with zero attached hydrogens (tertiary/aromatic N) is 4. The number of likely N-dealkylation sites (tertiary alicyclic amines) is 2. The van der Waals surface area contributed by atoms with Crippen molar-refractivity contribution in [2.24, 2.45) is 5.92 Å². The van der Waals surface area contributed by atoms with Crippen molar-refractivity contribution in [2.75, 3.05) is 27.3 Å². The maximum Gasteiger partial charge on any atom is 0.407 e. The topological polar surface area (TPSA) is 184 Å². The van der Waals surface area contributed by atoms with Crippen LogP contribution >= 0.6 is 0 Å². The number of fused-ring (bicyclic) bond motifs is 4. The molecule has 15 heteroatoms. The lowest BCUT2D eigenvalue weighted by atomic mass is 9.97. The summed E-state index contributed by atoms with van der Waals surface area (Å²) in [5, 5.41) is 7.57. The summed E-state index contributed by atoms with van der Waals surface area (Å²) in [6.45, 7) is 5.24. The van der Waals surface area contributed by atoms with Crippen molar-refractivity contribution < 1.29 is 33.4 Å². The molecule has 4 N–H and O–H groups in total. The highest BCUT2D eigenvalue weighted by molar-refractivity contribution is 5.91. The minimum absolute atomic E-state index is 0.113. The number of hydrogen-bond acceptors (Lipinski definition) is 9. The van der Waals surface area contributed by atoms with Crippen LogP contribution in [0.2, 0.25) is 0 Å². The second-order valence-corrected chi connectivity index (χ2v) is 16.6. The fourth-order valence-corrected chi connectivity index (χ4v) is 9.11. The summed E-state index contributed by atoms with van der Waals surface area (Å²) in [6.07, 6.45) is 3.66. The van der Waals surface area contributed by atoms with Crippen molar-refractivity contribution in [1.82, 2.24) is 40.4 Å². The van der Waals surface area contributed by atoms with Gasteiger partial charge in [0.25, 0.3) is 5.91 Å². The molecule has 324 valence electrons. The van der Waals surface area contributed by atoms with Crippen molar-refractivity contribution in [3.8, 4) is 39.4 Å². The third kappa shape index (κ3) is 8.06. The minimum atomic E-state index is -0.898. The van der Waals surface area contributed by atoms with Gasteiger partial charge in [0.2, 0.25) is 5.91 Å². The van der Waals surface area contributed by atoms with Crippen molar-refractivity contribution in [3.05, 3.63) is 114 Å². The molecule has 4 aromatic carbocycles. The Hall–Kier alpha value is -7.16. The zero-order valence-electron chi connectivity index (χ0n) is 35.6. The van der Waals surface area contributed by atoms with Gasteiger partial charge in [0.1, 0.15) is 36.1 Å². The van der Waals surface area contributed by atoms with Gasteiger partial charge in [0.15, 0.2) is 0 Å². The third-order valence-electron chi connectivity index (χ3n) is 12.4. The molecule has 2 aromatic heterocycles. The number of ether oxygens (including phenoxy) is 3. The molecule has 4 unspecified atom stereocenters. The van der Waals surface area contributed by atoms with Gasteiger partial charge in [-0.1, -0.05) is 74.5 Å². The van der Waals surface area contributed by atoms with Crippen LogP contribution < -0.4 is 15.4 Å². The molecule has 0 spiro atoms. The molecular weight excluding hydrogens is 801 g/mol. The number of nitrogens with one attached hydrogen (secondary N) is 4. The average molecular weight is 851 g/mol. The van der Waals surface area contributed by atoms with Gasteiger partial charge in [0, 0.05) is 24.2 Å². The lowest BCUT2D eigenvalue weighted by Crippen LogP contribution is -2.51. The highest BCUT2D eigenvalue weighted by Crippen LogP contribution is 2.42. The van der Waals surface area contributed by atoms with E-state index in [1.165, 1.54) is 14.2 Å². The first-order chi connectivity index (χ1) is 30.6. The van der Waals surface area contributed by atoms with E-state index in [4.69, 9.17) is 24.2 Å². The highest BCUT2D eigenvalue weighted by Gasteiger charge is 2.39. The molecule has 2 fully saturated rings. The highest BCUT2D eigenvalue weighted by atomic mass is 16.5. The van der Waals surface area contributed by atoms with Crippen LogP contribution in [0.15, 0.2) is 91.1 Å². The van der Waals surface area contributed by atoms with Crippen LogP contribution in [0.25, 0.3) is 44.4 Å². The number of imidazole rings is 2. The molecule has 0 bridgehead atoms. The SMILES string of the molecule is COC(=O)NC(C(=O)N1CCCC1c1nc2c([nH]1)COc1cc(-c3ccc4cc(-c5cnc(C6CCCN6C(=O)C(NC(=O)OC)C(C)C)[nH]5)ccc4c3)ccc1-2)c1ccccc1. The summed E-state index contributed by atoms with van der Waals surface area (Å²) in [6, 6.07) is 25.9. The lowest BCUT2D eigenvalue weighted by Gasteiger charge is -2.30. The number of aromatic nitrogens is 4. The molecular formula is C48H50N8O7. The largest absolute Gasteiger partial charge is 0.487 e. The first kappa shape index (κ1) is 41.2. The molecule has 9 rings (SSSR count). The number of amides is 4. The zero-order chi connectivity index (χ0) is 43.8. The second-order valence-electron chi connectivity index (χ2n) is 16.6. The second kappa shape index (κ2) is 17.3. The molecule has 0 saturated carbocycles. The molecule has 4 atom stereocenters. The van der Waals surface area contributed by atoms with Gasteiger partial charge in [-0.25, -0.2) is 19.6 Å². The number of methoxy groups -OCH3 is 2. The van der Waals surface area contributed by atoms with Crippen molar-refractivity contribution in [3.63, 3.8) is 0 Å². The Morgan fingerprint density at radius 2 is 1.38 bits per heavy atom. The molecule has 0 aliphatic carbocycles. The number of aromatic amines is 2. The first-order valence-electron chi connectivity index (χ1n) is 21.4. The van der Waals surface area contributed by atoms with Gasteiger partial charge in [-0.3, -0.25) is 9.59 Å². The Morgan fingerprint density at radius 1 is 0.746 bits per heavy atom. The Balaban J connectivity index is 0.908. The number of rotatable bonds is 10. The van der Waals surface area contributed by atoms with Crippen LogP contribution in [-0.2, 0) is 25.7 Å². The molecule has 5 heterocycles. The summed E-state index contributed by atoms with van der Waals surface area (Å²) in [5.74, 6) is 1.67. The summed E-state index contributed by atoms with van der Waals surface area (Å²) in [4.78, 5) is 72.3. The molecule has 63 heavy (non-hydrogen) atoms. The number of hydrogen-bond donors (Lipinski definition) is 4. The van der Waals surface area contributed by atoms with Crippen LogP contribution in [-0.4, -0.2) is 87.1 Å². The number of carbonyl (C=O) groups is 4. The van der Waals surface area contributed by atoms with Crippen LogP contribution in [0.3, 0.4) is 0 Å². The molecule has 3 aliphatic rings. The van der Waals surface area contributed by atoms with E-state index in [-0.39, 0.29) is 29.8 Å². The molecule has 3 aliphatic heterocycles. The Bertz CT molecular complexity index is 2690. The van der Waals surface area contributed by atoms with E-state index in [1.54, 1.807) is 4.90 Å². The number of carbonyl (C=O) groups excluding carboxylic acids is 4. The van der Waals surface area contributed by atoms with Crippen molar-refractivity contribution in [1.29, 1.82) is 0 Å².